The molecular weight excluding hydrogens is 134 g/mol. The lowest BCUT2D eigenvalue weighted by Crippen LogP contribution is -1.89. The maximum absolute atomic E-state index is 2.75. The van der Waals surface area contributed by atoms with Crippen LogP contribution in [0.3, 0.4) is 0 Å². The highest BCUT2D eigenvalue weighted by Gasteiger charge is 1.25. The van der Waals surface area contributed by atoms with Crippen molar-refractivity contribution in [1.29, 1.82) is 0 Å². The molecule has 0 aliphatic heterocycles. The normalized spacial score (nSPS) is 3.82. The zero-order valence-electron chi connectivity index (χ0n) is 10.5. The second-order valence-electron chi connectivity index (χ2n) is 0.500. The first kappa shape index (κ1) is 30.6. The fourth-order valence-electron chi connectivity index (χ4n) is 0. The third-order valence-corrected chi connectivity index (χ3v) is 0. The lowest BCUT2D eigenvalue weighted by Gasteiger charge is -1.59. The van der Waals surface area contributed by atoms with Crippen LogP contribution in [0.25, 0.3) is 0 Å². The topological polar surface area (TPSA) is 12.0 Å². The van der Waals surface area contributed by atoms with Crippen LogP contribution in [-0.2, 0) is 0 Å². The number of hydrogen-bond donors (Lipinski definition) is 1. The van der Waals surface area contributed by atoms with Crippen molar-refractivity contribution in [3.05, 3.63) is 0 Å². The quantitative estimate of drug-likeness (QED) is 0.573. The third-order valence-electron chi connectivity index (χ3n) is 0. The van der Waals surface area contributed by atoms with E-state index in [9.17, 15) is 0 Å². The van der Waals surface area contributed by atoms with Gasteiger partial charge in [0.25, 0.3) is 0 Å². The van der Waals surface area contributed by atoms with Crippen molar-refractivity contribution in [2.45, 2.75) is 55.4 Å². The van der Waals surface area contributed by atoms with Crippen molar-refractivity contribution < 1.29 is 0 Å². The molecule has 0 spiro atoms. The van der Waals surface area contributed by atoms with E-state index in [4.69, 9.17) is 0 Å². The molecule has 0 aromatic rings. The number of nitrogens with one attached hydrogen (secondary N) is 1. The van der Waals surface area contributed by atoms with E-state index in [0.29, 0.717) is 0 Å². The van der Waals surface area contributed by atoms with Gasteiger partial charge in [0.2, 0.25) is 0 Å². The highest BCUT2D eigenvalue weighted by atomic mass is 14.7. The molecule has 0 aromatic carbocycles. The number of hydrogen-bond acceptors (Lipinski definition) is 1. The standard InChI is InChI=1S/C2H7N.4C2H6/c1-3-2;4*1-2/h3H,1-2H3;4*1-2H3. The average Bonchev–Trinajstić information content (AvgIpc) is 2.18. The minimum absolute atomic E-state index is 1.88. The van der Waals surface area contributed by atoms with Gasteiger partial charge in [0, 0.05) is 0 Å². The highest BCUT2D eigenvalue weighted by molar-refractivity contribution is 3.91. The van der Waals surface area contributed by atoms with Crippen molar-refractivity contribution in [3.63, 3.8) is 0 Å². The molecule has 0 aliphatic rings. The first-order chi connectivity index (χ1) is 5.41. The van der Waals surface area contributed by atoms with Gasteiger partial charge in [-0.25, -0.2) is 0 Å². The summed E-state index contributed by atoms with van der Waals surface area (Å²) in [5.74, 6) is 0. The maximum Gasteiger partial charge on any atom is -0.0167 e. The zero-order valence-corrected chi connectivity index (χ0v) is 10.5. The molecule has 1 nitrogen and oxygen atoms in total. The van der Waals surface area contributed by atoms with Gasteiger partial charge < -0.3 is 5.32 Å². The molecule has 0 unspecified atom stereocenters. The molecule has 0 bridgehead atoms. The fourth-order valence-corrected chi connectivity index (χ4v) is 0. The van der Waals surface area contributed by atoms with Crippen LogP contribution in [0, 0.1) is 0 Å². The van der Waals surface area contributed by atoms with Crippen molar-refractivity contribution in [1.82, 2.24) is 5.32 Å². The first-order valence-corrected chi connectivity index (χ1v) is 5.00. The molecule has 1 heteroatoms. The Hall–Kier alpha value is -0.0400. The SMILES string of the molecule is CC.CC.CC.CC.CNC. The molecule has 0 atom stereocenters. The molecule has 0 heterocycles. The van der Waals surface area contributed by atoms with E-state index in [1.165, 1.54) is 0 Å². The summed E-state index contributed by atoms with van der Waals surface area (Å²) < 4.78 is 0. The molecule has 0 saturated heterocycles. The Morgan fingerprint density at radius 2 is 0.455 bits per heavy atom. The van der Waals surface area contributed by atoms with Gasteiger partial charge in [-0.15, -0.1) is 0 Å². The van der Waals surface area contributed by atoms with E-state index in [1.807, 2.05) is 69.5 Å². The van der Waals surface area contributed by atoms with E-state index in [2.05, 4.69) is 5.32 Å². The molecule has 0 aromatic heterocycles. The van der Waals surface area contributed by atoms with E-state index in [-0.39, 0.29) is 0 Å². The maximum atomic E-state index is 2.75. The Kier molecular flexibility index (Phi) is 2410. The van der Waals surface area contributed by atoms with Gasteiger partial charge >= 0.3 is 0 Å². The summed E-state index contributed by atoms with van der Waals surface area (Å²) in [5, 5.41) is 2.75. The molecule has 0 aliphatic carbocycles. The van der Waals surface area contributed by atoms with Gasteiger partial charge in [0.05, 0.1) is 0 Å². The Morgan fingerprint density at radius 1 is 0.455 bits per heavy atom. The minimum atomic E-state index is 1.88. The van der Waals surface area contributed by atoms with Crippen LogP contribution in [0.5, 0.6) is 0 Å². The van der Waals surface area contributed by atoms with Crippen LogP contribution in [0.15, 0.2) is 0 Å². The van der Waals surface area contributed by atoms with Gasteiger partial charge in [-0.05, 0) is 14.1 Å². The molecule has 0 amide bonds. The smallest absolute Gasteiger partial charge is 0.0167 e. The molecule has 1 N–H and O–H groups in total. The van der Waals surface area contributed by atoms with Gasteiger partial charge in [0.1, 0.15) is 0 Å². The van der Waals surface area contributed by atoms with Crippen LogP contribution < -0.4 is 5.32 Å². The Labute approximate surface area is 75.6 Å². The summed E-state index contributed by atoms with van der Waals surface area (Å²) in [6.07, 6.45) is 0. The molecule has 0 radical (unpaired) electrons. The van der Waals surface area contributed by atoms with Crippen LogP contribution in [0.1, 0.15) is 55.4 Å². The predicted octanol–water partition coefficient (Wildman–Crippen LogP) is 3.94. The van der Waals surface area contributed by atoms with Crippen molar-refractivity contribution in [2.24, 2.45) is 0 Å². The monoisotopic (exact) mass is 165 g/mol. The summed E-state index contributed by atoms with van der Waals surface area (Å²) in [6.45, 7) is 16.0. The lowest BCUT2D eigenvalue weighted by atomic mass is 11.0. The highest BCUT2D eigenvalue weighted by Crippen LogP contribution is 1.15. The van der Waals surface area contributed by atoms with E-state index in [1.54, 1.807) is 0 Å². The minimum Gasteiger partial charge on any atom is -0.323 e. The Balaban J connectivity index is -0.0000000139. The van der Waals surface area contributed by atoms with Crippen LogP contribution in [0.4, 0.5) is 0 Å². The van der Waals surface area contributed by atoms with Crippen LogP contribution >= 0.6 is 0 Å². The van der Waals surface area contributed by atoms with Crippen LogP contribution in [0.2, 0.25) is 0 Å². The van der Waals surface area contributed by atoms with E-state index in [0.717, 1.165) is 0 Å². The summed E-state index contributed by atoms with van der Waals surface area (Å²) in [5.41, 5.74) is 0. The number of rotatable bonds is 0. The molecule has 76 valence electrons. The predicted molar refractivity (Wildman–Crippen MR) is 60.4 cm³/mol. The zero-order chi connectivity index (χ0) is 10.7. The lowest BCUT2D eigenvalue weighted by molar-refractivity contribution is 1.02. The van der Waals surface area contributed by atoms with Crippen molar-refractivity contribution >= 4 is 0 Å². The van der Waals surface area contributed by atoms with Gasteiger partial charge in [-0.2, -0.15) is 0 Å². The largest absolute Gasteiger partial charge is 0.323 e. The summed E-state index contributed by atoms with van der Waals surface area (Å²) in [6, 6.07) is 0. The van der Waals surface area contributed by atoms with Gasteiger partial charge in [0.15, 0.2) is 0 Å². The summed E-state index contributed by atoms with van der Waals surface area (Å²) in [7, 11) is 3.75. The third kappa shape index (κ3) is 394000. The van der Waals surface area contributed by atoms with E-state index >= 15 is 0 Å². The molecule has 0 fully saturated rings. The second kappa shape index (κ2) is 868. The summed E-state index contributed by atoms with van der Waals surface area (Å²) in [4.78, 5) is 0. The van der Waals surface area contributed by atoms with Crippen molar-refractivity contribution in [2.75, 3.05) is 14.1 Å². The molecule has 11 heavy (non-hydrogen) atoms. The van der Waals surface area contributed by atoms with E-state index < -0.39 is 0 Å². The molecule has 0 saturated carbocycles. The van der Waals surface area contributed by atoms with Gasteiger partial charge in [-0.1, -0.05) is 55.4 Å². The Bertz CT molecular complexity index is 4.83. The Morgan fingerprint density at radius 3 is 0.455 bits per heavy atom. The molecular formula is C10H31N. The van der Waals surface area contributed by atoms with Crippen LogP contribution in [-0.4, -0.2) is 14.1 Å². The van der Waals surface area contributed by atoms with Gasteiger partial charge in [-0.3, -0.25) is 0 Å². The van der Waals surface area contributed by atoms with Crippen molar-refractivity contribution in [3.8, 4) is 0 Å². The molecule has 0 rings (SSSR count). The fraction of sp³-hybridized carbons (Fsp3) is 1.00. The average molecular weight is 165 g/mol. The summed E-state index contributed by atoms with van der Waals surface area (Å²) >= 11 is 0. The second-order valence-corrected chi connectivity index (χ2v) is 0.500. The first-order valence-electron chi connectivity index (χ1n) is 5.00.